The van der Waals surface area contributed by atoms with Crippen molar-refractivity contribution in [3.8, 4) is 5.75 Å². The Morgan fingerprint density at radius 2 is 2.23 bits per heavy atom. The molecule has 1 fully saturated rings. The summed E-state index contributed by atoms with van der Waals surface area (Å²) in [5.74, 6) is 0.335. The minimum atomic E-state index is -0.597. The van der Waals surface area contributed by atoms with Crippen LogP contribution < -0.4 is 15.4 Å². The van der Waals surface area contributed by atoms with Gasteiger partial charge in [0.25, 0.3) is 5.91 Å². The second-order valence-corrected chi connectivity index (χ2v) is 6.33. The molecule has 0 saturated carbocycles. The Morgan fingerprint density at radius 3 is 2.95 bits per heavy atom. The van der Waals surface area contributed by atoms with Gasteiger partial charge >= 0.3 is 0 Å². The van der Waals surface area contributed by atoms with Crippen LogP contribution in [0.15, 0.2) is 18.2 Å². The molecule has 118 valence electrons. The molecule has 1 atom stereocenters. The second-order valence-electron chi connectivity index (χ2n) is 6.33. The van der Waals surface area contributed by atoms with Gasteiger partial charge < -0.3 is 20.1 Å². The third kappa shape index (κ3) is 2.92. The lowest BCUT2D eigenvalue weighted by Gasteiger charge is -2.18. The Hall–Kier alpha value is -2.08. The number of carbonyl (C=O) groups is 2. The molecular formula is C16H20N2O4. The Bertz CT molecular complexity index is 606. The lowest BCUT2D eigenvalue weighted by molar-refractivity contribution is -0.125. The number of hydrogen-bond acceptors (Lipinski definition) is 4. The van der Waals surface area contributed by atoms with Crippen LogP contribution in [0.3, 0.4) is 0 Å². The van der Waals surface area contributed by atoms with Crippen molar-refractivity contribution in [2.45, 2.75) is 32.8 Å². The molecule has 0 aromatic heterocycles. The normalized spacial score (nSPS) is 23.0. The molecule has 22 heavy (non-hydrogen) atoms. The maximum Gasteiger partial charge on any atom is 0.253 e. The van der Waals surface area contributed by atoms with Gasteiger partial charge in [-0.2, -0.15) is 0 Å². The zero-order valence-electron chi connectivity index (χ0n) is 12.8. The minimum Gasteiger partial charge on any atom is -0.490 e. The predicted octanol–water partition coefficient (Wildman–Crippen LogP) is 2.16. The van der Waals surface area contributed by atoms with Crippen molar-refractivity contribution in [3.63, 3.8) is 0 Å². The average Bonchev–Trinajstić information content (AvgIpc) is 2.98. The Morgan fingerprint density at radius 1 is 1.41 bits per heavy atom. The molecule has 1 aromatic rings. The van der Waals surface area contributed by atoms with Crippen molar-refractivity contribution in [1.29, 1.82) is 0 Å². The number of ether oxygens (including phenoxy) is 2. The summed E-state index contributed by atoms with van der Waals surface area (Å²) >= 11 is 0. The van der Waals surface area contributed by atoms with Crippen LogP contribution in [0.2, 0.25) is 0 Å². The predicted molar refractivity (Wildman–Crippen MR) is 82.0 cm³/mol. The van der Waals surface area contributed by atoms with Crippen LogP contribution >= 0.6 is 0 Å². The summed E-state index contributed by atoms with van der Waals surface area (Å²) < 4.78 is 11.1. The lowest BCUT2D eigenvalue weighted by Crippen LogP contribution is -2.33. The Kier molecular flexibility index (Phi) is 3.78. The fraction of sp³-hybridized carbons (Fsp3) is 0.500. The van der Waals surface area contributed by atoms with Crippen molar-refractivity contribution < 1.29 is 19.1 Å². The topological polar surface area (TPSA) is 76.7 Å². The van der Waals surface area contributed by atoms with Gasteiger partial charge in [0.05, 0.1) is 11.1 Å². The van der Waals surface area contributed by atoms with Gasteiger partial charge in [0.2, 0.25) is 5.91 Å². The van der Waals surface area contributed by atoms with Crippen molar-refractivity contribution in [1.82, 2.24) is 0 Å². The molecule has 0 aliphatic carbocycles. The van der Waals surface area contributed by atoms with Crippen molar-refractivity contribution in [2.75, 3.05) is 23.8 Å². The number of hydrogen-bond donors (Lipinski definition) is 2. The van der Waals surface area contributed by atoms with Gasteiger partial charge in [0, 0.05) is 18.4 Å². The summed E-state index contributed by atoms with van der Waals surface area (Å²) in [5.41, 5.74) is 0.652. The number of nitrogens with one attached hydrogen (secondary N) is 2. The average molecular weight is 304 g/mol. The molecule has 2 aliphatic heterocycles. The molecule has 2 heterocycles. The third-order valence-corrected chi connectivity index (χ3v) is 3.92. The number of anilines is 2. The van der Waals surface area contributed by atoms with E-state index < -0.39 is 5.41 Å². The number of rotatable bonds is 2. The standard InChI is InChI=1S/C16H20N2O4/c1-16(2)9-22-13-8-10(5-6-11(13)18-15(16)20)17-14(19)12-4-3-7-21-12/h5-6,8,12H,3-4,7,9H2,1-2H3,(H,17,19)(H,18,20). The first-order valence-corrected chi connectivity index (χ1v) is 7.46. The molecule has 1 aromatic carbocycles. The van der Waals surface area contributed by atoms with Crippen molar-refractivity contribution >= 4 is 23.2 Å². The van der Waals surface area contributed by atoms with Gasteiger partial charge in [-0.15, -0.1) is 0 Å². The van der Waals surface area contributed by atoms with E-state index in [4.69, 9.17) is 9.47 Å². The van der Waals surface area contributed by atoms with E-state index in [-0.39, 0.29) is 24.5 Å². The summed E-state index contributed by atoms with van der Waals surface area (Å²) in [4.78, 5) is 24.1. The van der Waals surface area contributed by atoms with Gasteiger partial charge in [-0.3, -0.25) is 9.59 Å². The SMILES string of the molecule is CC1(C)COc2cc(NC(=O)C3CCCO3)ccc2NC1=O. The van der Waals surface area contributed by atoms with Crippen LogP contribution in [0.25, 0.3) is 0 Å². The lowest BCUT2D eigenvalue weighted by atomic mass is 9.94. The molecule has 6 nitrogen and oxygen atoms in total. The number of carbonyl (C=O) groups excluding carboxylic acids is 2. The summed E-state index contributed by atoms with van der Waals surface area (Å²) in [5, 5.41) is 5.68. The molecule has 0 bridgehead atoms. The van der Waals surface area contributed by atoms with Crippen LogP contribution in [0.4, 0.5) is 11.4 Å². The summed E-state index contributed by atoms with van der Waals surface area (Å²) in [7, 11) is 0. The van der Waals surface area contributed by atoms with Crippen molar-refractivity contribution in [2.24, 2.45) is 5.41 Å². The number of benzene rings is 1. The maximum atomic E-state index is 12.1. The van der Waals surface area contributed by atoms with E-state index in [2.05, 4.69) is 10.6 Å². The zero-order chi connectivity index (χ0) is 15.7. The van der Waals surface area contributed by atoms with Crippen LogP contribution in [0.5, 0.6) is 5.75 Å². The van der Waals surface area contributed by atoms with E-state index in [1.807, 2.05) is 13.8 Å². The van der Waals surface area contributed by atoms with Crippen LogP contribution in [0.1, 0.15) is 26.7 Å². The molecule has 0 spiro atoms. The minimum absolute atomic E-state index is 0.0811. The highest BCUT2D eigenvalue weighted by molar-refractivity contribution is 5.98. The molecule has 2 N–H and O–H groups in total. The van der Waals surface area contributed by atoms with E-state index in [0.29, 0.717) is 23.7 Å². The summed E-state index contributed by atoms with van der Waals surface area (Å²) in [6.45, 7) is 4.57. The van der Waals surface area contributed by atoms with E-state index in [0.717, 1.165) is 12.8 Å². The van der Waals surface area contributed by atoms with E-state index in [9.17, 15) is 9.59 Å². The highest BCUT2D eigenvalue weighted by Gasteiger charge is 2.32. The van der Waals surface area contributed by atoms with Gasteiger partial charge in [-0.25, -0.2) is 0 Å². The quantitative estimate of drug-likeness (QED) is 0.878. The fourth-order valence-corrected chi connectivity index (χ4v) is 2.45. The van der Waals surface area contributed by atoms with Crippen LogP contribution in [-0.4, -0.2) is 31.1 Å². The second kappa shape index (κ2) is 5.61. The molecule has 2 aliphatic rings. The first kappa shape index (κ1) is 14.8. The number of fused-ring (bicyclic) bond motifs is 1. The summed E-state index contributed by atoms with van der Waals surface area (Å²) in [6.07, 6.45) is 1.28. The highest BCUT2D eigenvalue weighted by Crippen LogP contribution is 2.34. The van der Waals surface area contributed by atoms with E-state index in [1.54, 1.807) is 18.2 Å². The van der Waals surface area contributed by atoms with Gasteiger partial charge in [0.15, 0.2) is 0 Å². The smallest absolute Gasteiger partial charge is 0.253 e. The third-order valence-electron chi connectivity index (χ3n) is 3.92. The first-order chi connectivity index (χ1) is 10.5. The fourth-order valence-electron chi connectivity index (χ4n) is 2.45. The van der Waals surface area contributed by atoms with Gasteiger partial charge in [-0.1, -0.05) is 0 Å². The molecule has 6 heteroatoms. The molecule has 2 amide bonds. The largest absolute Gasteiger partial charge is 0.490 e. The van der Waals surface area contributed by atoms with Gasteiger partial charge in [0.1, 0.15) is 18.5 Å². The Balaban J connectivity index is 1.75. The van der Waals surface area contributed by atoms with Gasteiger partial charge in [-0.05, 0) is 38.8 Å². The van der Waals surface area contributed by atoms with E-state index in [1.165, 1.54) is 0 Å². The van der Waals surface area contributed by atoms with Crippen LogP contribution in [-0.2, 0) is 14.3 Å². The van der Waals surface area contributed by atoms with Crippen molar-refractivity contribution in [3.05, 3.63) is 18.2 Å². The molecular weight excluding hydrogens is 284 g/mol. The highest BCUT2D eigenvalue weighted by atomic mass is 16.5. The Labute approximate surface area is 129 Å². The molecule has 0 radical (unpaired) electrons. The van der Waals surface area contributed by atoms with Crippen LogP contribution in [0, 0.1) is 5.41 Å². The maximum absolute atomic E-state index is 12.1. The van der Waals surface area contributed by atoms with E-state index >= 15 is 0 Å². The summed E-state index contributed by atoms with van der Waals surface area (Å²) in [6, 6.07) is 5.21. The number of amides is 2. The first-order valence-electron chi connectivity index (χ1n) is 7.46. The molecule has 1 saturated heterocycles. The zero-order valence-corrected chi connectivity index (χ0v) is 12.8. The molecule has 1 unspecified atom stereocenters. The molecule has 3 rings (SSSR count). The monoisotopic (exact) mass is 304 g/mol.